The van der Waals surface area contributed by atoms with Gasteiger partial charge in [0.2, 0.25) is 5.91 Å². The van der Waals surface area contributed by atoms with Crippen molar-refractivity contribution in [3.05, 3.63) is 47.9 Å². The molecule has 7 heteroatoms. The Kier molecular flexibility index (Phi) is 7.63. The summed E-state index contributed by atoms with van der Waals surface area (Å²) in [4.78, 5) is 28.5. The second kappa shape index (κ2) is 9.94. The van der Waals surface area contributed by atoms with Gasteiger partial charge in [0.1, 0.15) is 6.61 Å². The fourth-order valence-electron chi connectivity index (χ4n) is 2.94. The number of hydrogen-bond acceptors (Lipinski definition) is 5. The molecule has 0 unspecified atom stereocenters. The standard InChI is InChI=1S/C21H29N3O4/c1-15(2)12-24(20(25)14-27-5)13-16-11-17(8-9-18(16)23(3)4)22-21(26)19-7-6-10-28-19/h6-11,15H,12-14H2,1-5H3,(H,22,26). The number of hydrogen-bond donors (Lipinski definition) is 1. The lowest BCUT2D eigenvalue weighted by Crippen LogP contribution is -2.36. The SMILES string of the molecule is COCC(=O)N(Cc1cc(NC(=O)c2ccco2)ccc1N(C)C)CC(C)C. The van der Waals surface area contributed by atoms with E-state index in [2.05, 4.69) is 19.2 Å². The minimum atomic E-state index is -0.317. The molecule has 1 N–H and O–H groups in total. The van der Waals surface area contributed by atoms with Gasteiger partial charge in [0.25, 0.3) is 5.91 Å². The van der Waals surface area contributed by atoms with E-state index in [1.54, 1.807) is 17.0 Å². The van der Waals surface area contributed by atoms with Crippen LogP contribution in [-0.4, -0.2) is 51.1 Å². The molecule has 0 radical (unpaired) electrons. The summed E-state index contributed by atoms with van der Waals surface area (Å²) in [6.45, 7) is 5.23. The molecule has 0 fully saturated rings. The summed E-state index contributed by atoms with van der Waals surface area (Å²) in [5.74, 6) is 0.189. The molecular weight excluding hydrogens is 358 g/mol. The maximum atomic E-state index is 12.5. The molecule has 1 aromatic carbocycles. The van der Waals surface area contributed by atoms with Crippen molar-refractivity contribution in [3.8, 4) is 0 Å². The normalized spacial score (nSPS) is 10.8. The second-order valence-corrected chi connectivity index (χ2v) is 7.27. The van der Waals surface area contributed by atoms with Crippen molar-refractivity contribution in [2.24, 2.45) is 5.92 Å². The van der Waals surface area contributed by atoms with Gasteiger partial charge in [-0.05, 0) is 41.8 Å². The van der Waals surface area contributed by atoms with Gasteiger partial charge in [-0.15, -0.1) is 0 Å². The topological polar surface area (TPSA) is 75.0 Å². The van der Waals surface area contributed by atoms with Crippen molar-refractivity contribution in [2.75, 3.05) is 44.6 Å². The van der Waals surface area contributed by atoms with Gasteiger partial charge >= 0.3 is 0 Å². The fourth-order valence-corrected chi connectivity index (χ4v) is 2.94. The zero-order chi connectivity index (χ0) is 20.7. The summed E-state index contributed by atoms with van der Waals surface area (Å²) < 4.78 is 10.2. The average Bonchev–Trinajstić information content (AvgIpc) is 3.15. The quantitative estimate of drug-likeness (QED) is 0.715. The van der Waals surface area contributed by atoms with Crippen LogP contribution in [0.3, 0.4) is 0 Å². The number of furan rings is 1. The molecule has 2 aromatic rings. The molecular formula is C21H29N3O4. The second-order valence-electron chi connectivity index (χ2n) is 7.27. The van der Waals surface area contributed by atoms with E-state index in [0.717, 1.165) is 11.3 Å². The first kappa shape index (κ1) is 21.5. The van der Waals surface area contributed by atoms with E-state index in [9.17, 15) is 9.59 Å². The third-order valence-corrected chi connectivity index (χ3v) is 4.13. The Labute approximate surface area is 166 Å². The van der Waals surface area contributed by atoms with E-state index in [1.165, 1.54) is 13.4 Å². The van der Waals surface area contributed by atoms with E-state index in [4.69, 9.17) is 9.15 Å². The average molecular weight is 387 g/mol. The molecule has 0 spiro atoms. The molecule has 0 saturated carbocycles. The van der Waals surface area contributed by atoms with E-state index >= 15 is 0 Å². The van der Waals surface area contributed by atoms with Crippen LogP contribution in [0.2, 0.25) is 0 Å². The predicted molar refractivity (Wildman–Crippen MR) is 110 cm³/mol. The molecule has 0 aliphatic rings. The Morgan fingerprint density at radius 2 is 1.96 bits per heavy atom. The lowest BCUT2D eigenvalue weighted by Gasteiger charge is -2.27. The van der Waals surface area contributed by atoms with Crippen LogP contribution in [0, 0.1) is 5.92 Å². The number of nitrogens with zero attached hydrogens (tertiary/aromatic N) is 2. The molecule has 0 saturated heterocycles. The summed E-state index contributed by atoms with van der Waals surface area (Å²) in [5.41, 5.74) is 2.56. The number of ether oxygens (including phenoxy) is 1. The number of anilines is 2. The number of amides is 2. The first-order valence-corrected chi connectivity index (χ1v) is 9.23. The maximum Gasteiger partial charge on any atom is 0.291 e. The Morgan fingerprint density at radius 3 is 2.54 bits per heavy atom. The summed E-state index contributed by atoms with van der Waals surface area (Å²) in [6, 6.07) is 8.94. The molecule has 152 valence electrons. The van der Waals surface area contributed by atoms with Crippen LogP contribution in [0.25, 0.3) is 0 Å². The van der Waals surface area contributed by atoms with Gasteiger partial charge in [0.15, 0.2) is 5.76 Å². The van der Waals surface area contributed by atoms with Crippen molar-refractivity contribution >= 4 is 23.2 Å². The first-order valence-electron chi connectivity index (χ1n) is 9.23. The van der Waals surface area contributed by atoms with Crippen molar-refractivity contribution < 1.29 is 18.7 Å². The van der Waals surface area contributed by atoms with Crippen molar-refractivity contribution in [1.82, 2.24) is 4.90 Å². The molecule has 2 rings (SSSR count). The van der Waals surface area contributed by atoms with Gasteiger partial charge in [-0.2, -0.15) is 0 Å². The summed E-state index contributed by atoms with van der Waals surface area (Å²) >= 11 is 0. The van der Waals surface area contributed by atoms with Crippen molar-refractivity contribution in [2.45, 2.75) is 20.4 Å². The molecule has 0 bridgehead atoms. The van der Waals surface area contributed by atoms with Crippen LogP contribution < -0.4 is 10.2 Å². The molecule has 7 nitrogen and oxygen atoms in total. The van der Waals surface area contributed by atoms with E-state index in [-0.39, 0.29) is 24.2 Å². The minimum absolute atomic E-state index is 0.0406. The van der Waals surface area contributed by atoms with Crippen LogP contribution in [0.1, 0.15) is 30.0 Å². The smallest absolute Gasteiger partial charge is 0.291 e. The van der Waals surface area contributed by atoms with Crippen molar-refractivity contribution in [1.29, 1.82) is 0 Å². The van der Waals surface area contributed by atoms with Crippen molar-refractivity contribution in [3.63, 3.8) is 0 Å². The van der Waals surface area contributed by atoms with Crippen LogP contribution >= 0.6 is 0 Å². The van der Waals surface area contributed by atoms with Gasteiger partial charge in [-0.25, -0.2) is 0 Å². The zero-order valence-corrected chi connectivity index (χ0v) is 17.2. The zero-order valence-electron chi connectivity index (χ0n) is 17.2. The van der Waals surface area contributed by atoms with Gasteiger partial charge in [-0.1, -0.05) is 13.8 Å². The molecule has 28 heavy (non-hydrogen) atoms. The number of benzene rings is 1. The van der Waals surface area contributed by atoms with Crippen LogP contribution in [0.5, 0.6) is 0 Å². The highest BCUT2D eigenvalue weighted by atomic mass is 16.5. The molecule has 0 aliphatic carbocycles. The highest BCUT2D eigenvalue weighted by molar-refractivity contribution is 6.02. The minimum Gasteiger partial charge on any atom is -0.459 e. The Balaban J connectivity index is 2.28. The number of methoxy groups -OCH3 is 1. The lowest BCUT2D eigenvalue weighted by molar-refractivity contribution is -0.136. The Hall–Kier alpha value is -2.80. The molecule has 0 aliphatic heterocycles. The Bertz CT molecular complexity index is 785. The summed E-state index contributed by atoms with van der Waals surface area (Å²) in [5, 5.41) is 2.84. The maximum absolute atomic E-state index is 12.5. The van der Waals surface area contributed by atoms with Gasteiger partial charge < -0.3 is 24.3 Å². The first-order chi connectivity index (χ1) is 13.3. The number of rotatable bonds is 9. The van der Waals surface area contributed by atoms with E-state index in [1.807, 2.05) is 37.2 Å². The molecule has 1 aromatic heterocycles. The molecule has 0 atom stereocenters. The summed E-state index contributed by atoms with van der Waals surface area (Å²) in [7, 11) is 5.41. The molecule has 1 heterocycles. The van der Waals surface area contributed by atoms with E-state index < -0.39 is 0 Å². The third kappa shape index (κ3) is 5.85. The monoisotopic (exact) mass is 387 g/mol. The lowest BCUT2D eigenvalue weighted by atomic mass is 10.1. The van der Waals surface area contributed by atoms with Crippen LogP contribution in [-0.2, 0) is 16.1 Å². The van der Waals surface area contributed by atoms with E-state index in [0.29, 0.717) is 24.7 Å². The number of carbonyl (C=O) groups is 2. The third-order valence-electron chi connectivity index (χ3n) is 4.13. The fraction of sp³-hybridized carbons (Fsp3) is 0.429. The number of carbonyl (C=O) groups excluding carboxylic acids is 2. The van der Waals surface area contributed by atoms with Gasteiger partial charge in [0.05, 0.1) is 6.26 Å². The largest absolute Gasteiger partial charge is 0.459 e. The van der Waals surface area contributed by atoms with Gasteiger partial charge in [-0.3, -0.25) is 9.59 Å². The predicted octanol–water partition coefficient (Wildman–Crippen LogP) is 3.23. The Morgan fingerprint density at radius 1 is 1.21 bits per heavy atom. The van der Waals surface area contributed by atoms with Crippen LogP contribution in [0.15, 0.2) is 41.0 Å². The van der Waals surface area contributed by atoms with Crippen LogP contribution in [0.4, 0.5) is 11.4 Å². The summed E-state index contributed by atoms with van der Waals surface area (Å²) in [6.07, 6.45) is 1.46. The number of nitrogens with one attached hydrogen (secondary N) is 1. The highest BCUT2D eigenvalue weighted by Gasteiger charge is 2.18. The highest BCUT2D eigenvalue weighted by Crippen LogP contribution is 2.25. The van der Waals surface area contributed by atoms with Gasteiger partial charge in [0, 0.05) is 45.7 Å². The molecule has 2 amide bonds.